The molecule has 7 nitrogen and oxygen atoms in total. The first-order valence-corrected chi connectivity index (χ1v) is 10.3. The summed E-state index contributed by atoms with van der Waals surface area (Å²) < 4.78 is 5.56. The molecule has 0 bridgehead atoms. The summed E-state index contributed by atoms with van der Waals surface area (Å²) in [6.07, 6.45) is 0.0241. The first kappa shape index (κ1) is 22.3. The van der Waals surface area contributed by atoms with Crippen LogP contribution < -0.4 is 0 Å². The van der Waals surface area contributed by atoms with Gasteiger partial charge in [-0.1, -0.05) is 48.5 Å². The van der Waals surface area contributed by atoms with Crippen LogP contribution in [0.1, 0.15) is 36.8 Å². The van der Waals surface area contributed by atoms with Crippen LogP contribution in [0.25, 0.3) is 11.1 Å². The number of carboxylic acid groups (broad SMARTS) is 1. The van der Waals surface area contributed by atoms with Gasteiger partial charge in [-0.3, -0.25) is 9.69 Å². The molecule has 3 rings (SSSR count). The molecule has 0 aliphatic heterocycles. The van der Waals surface area contributed by atoms with Gasteiger partial charge in [-0.25, -0.2) is 9.59 Å². The Bertz CT molecular complexity index is 928. The molecule has 0 spiro atoms. The Morgan fingerprint density at radius 1 is 1.00 bits per heavy atom. The summed E-state index contributed by atoms with van der Waals surface area (Å²) in [5.74, 6) is -1.27. The van der Waals surface area contributed by atoms with Crippen LogP contribution in [0, 0.1) is 0 Å². The summed E-state index contributed by atoms with van der Waals surface area (Å²) in [4.78, 5) is 38.3. The number of hydrogen-bond acceptors (Lipinski definition) is 4. The van der Waals surface area contributed by atoms with E-state index in [0.29, 0.717) is 13.0 Å². The zero-order valence-corrected chi connectivity index (χ0v) is 18.1. The number of nitrogens with zero attached hydrogens (tertiary/aromatic N) is 2. The smallest absolute Gasteiger partial charge is 0.410 e. The van der Waals surface area contributed by atoms with Crippen molar-refractivity contribution in [1.82, 2.24) is 9.80 Å². The molecule has 1 N–H and O–H groups in total. The number of carbonyl (C=O) groups excluding carboxylic acids is 2. The first-order chi connectivity index (χ1) is 14.8. The summed E-state index contributed by atoms with van der Waals surface area (Å²) >= 11 is 0. The van der Waals surface area contributed by atoms with Gasteiger partial charge in [0.15, 0.2) is 0 Å². The molecule has 1 aliphatic carbocycles. The van der Waals surface area contributed by atoms with Crippen LogP contribution in [0.15, 0.2) is 48.5 Å². The molecular weight excluding hydrogens is 396 g/mol. The molecule has 0 heterocycles. The second kappa shape index (κ2) is 9.64. The number of likely N-dealkylation sites (N-methyl/N-ethyl adjacent to an activating group) is 1. The normalized spacial score (nSPS) is 13.1. The van der Waals surface area contributed by atoms with Gasteiger partial charge in [-0.15, -0.1) is 0 Å². The SMILES string of the molecule is CC(=O)N(C)CCC[C@@H](C(=O)O)N(C)C(=O)OCC1c2ccccc2-c2ccccc21. The zero-order valence-electron chi connectivity index (χ0n) is 18.1. The predicted molar refractivity (Wildman–Crippen MR) is 117 cm³/mol. The summed E-state index contributed by atoms with van der Waals surface area (Å²) in [6.45, 7) is 2.02. The highest BCUT2D eigenvalue weighted by Gasteiger charge is 2.31. The van der Waals surface area contributed by atoms with Gasteiger partial charge in [0.1, 0.15) is 12.6 Å². The molecule has 0 radical (unpaired) electrons. The van der Waals surface area contributed by atoms with Crippen molar-refractivity contribution < 1.29 is 24.2 Å². The molecule has 0 unspecified atom stereocenters. The van der Waals surface area contributed by atoms with Gasteiger partial charge in [0.05, 0.1) is 0 Å². The molecule has 0 fully saturated rings. The lowest BCUT2D eigenvalue weighted by atomic mass is 9.98. The van der Waals surface area contributed by atoms with Crippen LogP contribution in [0.2, 0.25) is 0 Å². The number of carbonyl (C=O) groups is 3. The quantitative estimate of drug-likeness (QED) is 0.700. The van der Waals surface area contributed by atoms with Crippen molar-refractivity contribution in [2.75, 3.05) is 27.2 Å². The van der Waals surface area contributed by atoms with Crippen molar-refractivity contribution >= 4 is 18.0 Å². The Kier molecular flexibility index (Phi) is 6.95. The fourth-order valence-electron chi connectivity index (χ4n) is 3.99. The van der Waals surface area contributed by atoms with Crippen molar-refractivity contribution in [2.24, 2.45) is 0 Å². The van der Waals surface area contributed by atoms with Crippen molar-refractivity contribution in [1.29, 1.82) is 0 Å². The molecule has 7 heteroatoms. The van der Waals surface area contributed by atoms with E-state index in [4.69, 9.17) is 4.74 Å². The third-order valence-electron chi connectivity index (χ3n) is 5.89. The van der Waals surface area contributed by atoms with Crippen LogP contribution in [-0.4, -0.2) is 66.2 Å². The largest absolute Gasteiger partial charge is 0.480 e. The van der Waals surface area contributed by atoms with Crippen LogP contribution in [0.3, 0.4) is 0 Å². The van der Waals surface area contributed by atoms with E-state index < -0.39 is 18.1 Å². The fourth-order valence-corrected chi connectivity index (χ4v) is 3.99. The van der Waals surface area contributed by atoms with Crippen molar-refractivity contribution in [3.63, 3.8) is 0 Å². The van der Waals surface area contributed by atoms with Crippen LogP contribution in [0.5, 0.6) is 0 Å². The molecule has 1 atom stereocenters. The Hall–Kier alpha value is -3.35. The maximum Gasteiger partial charge on any atom is 0.410 e. The molecule has 164 valence electrons. The summed E-state index contributed by atoms with van der Waals surface area (Å²) in [6, 6.07) is 15.1. The summed E-state index contributed by atoms with van der Waals surface area (Å²) in [7, 11) is 3.10. The number of aliphatic carboxylic acids is 1. The van der Waals surface area contributed by atoms with Crippen molar-refractivity contribution in [2.45, 2.75) is 31.7 Å². The number of amides is 2. The van der Waals surface area contributed by atoms with Crippen LogP contribution >= 0.6 is 0 Å². The highest BCUT2D eigenvalue weighted by Crippen LogP contribution is 2.44. The third-order valence-corrected chi connectivity index (χ3v) is 5.89. The average Bonchev–Trinajstić information content (AvgIpc) is 3.08. The molecule has 1 aliphatic rings. The van der Waals surface area contributed by atoms with Crippen molar-refractivity contribution in [3.8, 4) is 11.1 Å². The van der Waals surface area contributed by atoms with E-state index in [1.54, 1.807) is 7.05 Å². The van der Waals surface area contributed by atoms with Crippen molar-refractivity contribution in [3.05, 3.63) is 59.7 Å². The fraction of sp³-hybridized carbons (Fsp3) is 0.375. The molecular formula is C24H28N2O5. The van der Waals surface area contributed by atoms with E-state index in [9.17, 15) is 19.5 Å². The number of ether oxygens (including phenoxy) is 1. The topological polar surface area (TPSA) is 87.2 Å². The highest BCUT2D eigenvalue weighted by molar-refractivity contribution is 5.81. The Labute approximate surface area is 182 Å². The summed E-state index contributed by atoms with van der Waals surface area (Å²) in [5.41, 5.74) is 4.46. The molecule has 0 aromatic heterocycles. The summed E-state index contributed by atoms with van der Waals surface area (Å²) in [5, 5.41) is 9.58. The van der Waals surface area contributed by atoms with E-state index in [0.717, 1.165) is 27.2 Å². The van der Waals surface area contributed by atoms with Gasteiger partial charge in [0, 0.05) is 33.5 Å². The van der Waals surface area contributed by atoms with E-state index in [1.165, 1.54) is 18.9 Å². The van der Waals surface area contributed by atoms with Crippen LogP contribution in [0.4, 0.5) is 4.79 Å². The molecule has 0 saturated heterocycles. The van der Waals surface area contributed by atoms with E-state index in [-0.39, 0.29) is 24.9 Å². The van der Waals surface area contributed by atoms with E-state index >= 15 is 0 Å². The lowest BCUT2D eigenvalue weighted by molar-refractivity contribution is -0.142. The third kappa shape index (κ3) is 4.87. The lowest BCUT2D eigenvalue weighted by Gasteiger charge is -2.26. The highest BCUT2D eigenvalue weighted by atomic mass is 16.6. The molecule has 2 amide bonds. The number of benzene rings is 2. The Morgan fingerprint density at radius 3 is 2.06 bits per heavy atom. The second-order valence-electron chi connectivity index (χ2n) is 7.85. The maximum absolute atomic E-state index is 12.7. The average molecular weight is 424 g/mol. The monoisotopic (exact) mass is 424 g/mol. The van der Waals surface area contributed by atoms with E-state index in [2.05, 4.69) is 12.1 Å². The standard InChI is InChI=1S/C24H28N2O5/c1-16(27)25(2)14-8-13-22(23(28)29)26(3)24(30)31-15-21-19-11-6-4-9-17(19)18-10-5-7-12-20(18)21/h4-7,9-12,21-22H,8,13-15H2,1-3H3,(H,28,29)/t22-/m0/s1. The maximum atomic E-state index is 12.7. The number of hydrogen-bond donors (Lipinski definition) is 1. The molecule has 0 saturated carbocycles. The molecule has 2 aromatic carbocycles. The van der Waals surface area contributed by atoms with Gasteiger partial charge in [-0.2, -0.15) is 0 Å². The number of fused-ring (bicyclic) bond motifs is 3. The van der Waals surface area contributed by atoms with Gasteiger partial charge >= 0.3 is 12.1 Å². The van der Waals surface area contributed by atoms with Gasteiger partial charge in [-0.05, 0) is 35.1 Å². The minimum atomic E-state index is -1.10. The molecule has 2 aromatic rings. The lowest BCUT2D eigenvalue weighted by Crippen LogP contribution is -2.43. The number of carboxylic acids is 1. The second-order valence-corrected chi connectivity index (χ2v) is 7.85. The van der Waals surface area contributed by atoms with E-state index in [1.807, 2.05) is 36.4 Å². The number of rotatable bonds is 8. The molecule has 31 heavy (non-hydrogen) atoms. The zero-order chi connectivity index (χ0) is 22.5. The predicted octanol–water partition coefficient (Wildman–Crippen LogP) is 3.58. The first-order valence-electron chi connectivity index (χ1n) is 10.3. The Morgan fingerprint density at radius 2 is 1.55 bits per heavy atom. The van der Waals surface area contributed by atoms with Gasteiger partial charge in [0.25, 0.3) is 0 Å². The van der Waals surface area contributed by atoms with Crippen LogP contribution in [-0.2, 0) is 14.3 Å². The minimum absolute atomic E-state index is 0.0859. The van der Waals surface area contributed by atoms with Gasteiger partial charge in [0.2, 0.25) is 5.91 Å². The Balaban J connectivity index is 1.64. The minimum Gasteiger partial charge on any atom is -0.480 e. The van der Waals surface area contributed by atoms with Gasteiger partial charge < -0.3 is 14.7 Å².